The summed E-state index contributed by atoms with van der Waals surface area (Å²) in [5, 5.41) is 2.97. The van der Waals surface area contributed by atoms with E-state index in [-0.39, 0.29) is 29.5 Å². The summed E-state index contributed by atoms with van der Waals surface area (Å²) in [5.74, 6) is -2.15. The van der Waals surface area contributed by atoms with Crippen LogP contribution in [0.1, 0.15) is 80.8 Å². The van der Waals surface area contributed by atoms with Crippen molar-refractivity contribution in [1.29, 1.82) is 0 Å². The van der Waals surface area contributed by atoms with Crippen molar-refractivity contribution in [1.82, 2.24) is 24.8 Å². The van der Waals surface area contributed by atoms with Gasteiger partial charge in [0, 0.05) is 36.2 Å². The predicted molar refractivity (Wildman–Crippen MR) is 155 cm³/mol. The number of H-pyrrole nitrogens is 1. The highest BCUT2D eigenvalue weighted by atomic mass is 19.4. The molecule has 0 bridgehead atoms. The van der Waals surface area contributed by atoms with E-state index in [4.69, 9.17) is 4.74 Å². The molecule has 3 aromatic rings. The second-order valence-electron chi connectivity index (χ2n) is 11.9. The van der Waals surface area contributed by atoms with Crippen LogP contribution in [0.4, 0.5) is 17.6 Å². The van der Waals surface area contributed by atoms with Gasteiger partial charge in [-0.3, -0.25) is 14.5 Å². The number of hydrogen-bond acceptors (Lipinski definition) is 5. The number of ether oxygens (including phenoxy) is 1. The van der Waals surface area contributed by atoms with Crippen LogP contribution in [-0.2, 0) is 11.0 Å². The van der Waals surface area contributed by atoms with Gasteiger partial charge in [-0.2, -0.15) is 18.2 Å². The van der Waals surface area contributed by atoms with Crippen molar-refractivity contribution >= 4 is 22.8 Å². The van der Waals surface area contributed by atoms with Crippen LogP contribution in [0.15, 0.2) is 35.5 Å². The number of benzene rings is 1. The Morgan fingerprint density at radius 1 is 1.11 bits per heavy atom. The van der Waals surface area contributed by atoms with Crippen molar-refractivity contribution < 1.29 is 31.9 Å². The number of aromatic amines is 1. The van der Waals surface area contributed by atoms with E-state index in [1.54, 1.807) is 12.3 Å². The van der Waals surface area contributed by atoms with Crippen molar-refractivity contribution in [2.75, 3.05) is 26.2 Å². The van der Waals surface area contributed by atoms with E-state index in [1.165, 1.54) is 19.3 Å². The van der Waals surface area contributed by atoms with Gasteiger partial charge in [0.1, 0.15) is 12.4 Å². The number of aromatic nitrogens is 3. The number of imidazole rings is 1. The fraction of sp³-hybridized carbons (Fsp3) is 0.548. The number of halogens is 4. The number of likely N-dealkylation sites (tertiary alicyclic amines) is 1. The molecule has 0 atom stereocenters. The van der Waals surface area contributed by atoms with Gasteiger partial charge < -0.3 is 19.6 Å². The molecule has 238 valence electrons. The zero-order valence-corrected chi connectivity index (χ0v) is 24.9. The maximum absolute atomic E-state index is 13.9. The first-order valence-corrected chi connectivity index (χ1v) is 15.2. The number of pyridine rings is 1. The largest absolute Gasteiger partial charge is 0.476 e. The van der Waals surface area contributed by atoms with Crippen LogP contribution in [0.5, 0.6) is 5.88 Å². The van der Waals surface area contributed by atoms with E-state index in [2.05, 4.69) is 25.2 Å². The molecule has 2 fully saturated rings. The SMILES string of the molecule is CC(C)NC(=O)[C@H]1CC[C@@H](n2/c(=N/C(=O)c3ccc(F)c(C(F)(F)F)c3)[nH]c3cnc(OCCN4CCCCC4)cc32)CC1. The summed E-state index contributed by atoms with van der Waals surface area (Å²) >= 11 is 0. The minimum absolute atomic E-state index is 0.00726. The first-order valence-electron chi connectivity index (χ1n) is 15.2. The van der Waals surface area contributed by atoms with Gasteiger partial charge in [0.05, 0.1) is 22.8 Å². The smallest absolute Gasteiger partial charge is 0.419 e. The number of piperidine rings is 1. The third kappa shape index (κ3) is 7.48. The molecule has 2 N–H and O–H groups in total. The van der Waals surface area contributed by atoms with Crippen LogP contribution in [0.25, 0.3) is 11.0 Å². The van der Waals surface area contributed by atoms with Crippen LogP contribution in [0.2, 0.25) is 0 Å². The van der Waals surface area contributed by atoms with Crippen LogP contribution in [0.3, 0.4) is 0 Å². The fourth-order valence-electron chi connectivity index (χ4n) is 6.04. The van der Waals surface area contributed by atoms with Crippen LogP contribution in [0, 0.1) is 11.7 Å². The lowest BCUT2D eigenvalue weighted by molar-refractivity contribution is -0.140. The average molecular weight is 619 g/mol. The molecule has 1 saturated carbocycles. The number of carbonyl (C=O) groups is 2. The van der Waals surface area contributed by atoms with Crippen molar-refractivity contribution in [3.8, 4) is 5.88 Å². The molecule has 13 heteroatoms. The van der Waals surface area contributed by atoms with Crippen molar-refractivity contribution in [2.45, 2.75) is 77.1 Å². The predicted octanol–water partition coefficient (Wildman–Crippen LogP) is 5.38. The van der Waals surface area contributed by atoms with Gasteiger partial charge in [-0.15, -0.1) is 0 Å². The molecule has 2 aromatic heterocycles. The molecule has 44 heavy (non-hydrogen) atoms. The van der Waals surface area contributed by atoms with Gasteiger partial charge in [-0.05, 0) is 83.7 Å². The van der Waals surface area contributed by atoms with Crippen molar-refractivity contribution in [3.05, 3.63) is 53.0 Å². The highest BCUT2D eigenvalue weighted by molar-refractivity contribution is 5.95. The van der Waals surface area contributed by atoms with Crippen LogP contribution in [-0.4, -0.2) is 63.5 Å². The first-order chi connectivity index (χ1) is 21.0. The Morgan fingerprint density at radius 3 is 2.52 bits per heavy atom. The number of alkyl halides is 3. The van der Waals surface area contributed by atoms with E-state index < -0.39 is 29.0 Å². The lowest BCUT2D eigenvalue weighted by Gasteiger charge is -2.29. The zero-order valence-electron chi connectivity index (χ0n) is 24.9. The van der Waals surface area contributed by atoms with Crippen molar-refractivity contribution in [2.24, 2.45) is 10.9 Å². The van der Waals surface area contributed by atoms with E-state index in [0.29, 0.717) is 61.3 Å². The summed E-state index contributed by atoms with van der Waals surface area (Å²) in [6.45, 7) is 7.15. The molecule has 1 saturated heterocycles. The highest BCUT2D eigenvalue weighted by Crippen LogP contribution is 2.34. The number of nitrogens with zero attached hydrogens (tertiary/aromatic N) is 4. The molecule has 1 aromatic carbocycles. The second kappa shape index (κ2) is 13.5. The van der Waals surface area contributed by atoms with Gasteiger partial charge in [0.15, 0.2) is 0 Å². The molecule has 1 aliphatic carbocycles. The standard InChI is InChI=1S/C31H38F4N6O3/c1-19(2)37-28(42)20-6-9-22(10-7-20)41-26-17-27(44-15-14-40-12-4-3-5-13-40)36-18-25(26)38-30(41)39-29(43)21-8-11-24(32)23(16-21)31(33,34)35/h8,11,16-20,22H,3-7,9-10,12-15H2,1-2H3,(H,37,42)(H,38,39,43)/t20-,22+. The molecule has 2 amide bonds. The van der Waals surface area contributed by atoms with E-state index >= 15 is 0 Å². The Kier molecular flexibility index (Phi) is 9.72. The average Bonchev–Trinajstić information content (AvgIpc) is 3.34. The number of fused-ring (bicyclic) bond motifs is 1. The summed E-state index contributed by atoms with van der Waals surface area (Å²) in [7, 11) is 0. The molecule has 0 spiro atoms. The summed E-state index contributed by atoms with van der Waals surface area (Å²) in [5.41, 5.74) is -0.556. The van der Waals surface area contributed by atoms with Gasteiger partial charge in [-0.25, -0.2) is 9.37 Å². The van der Waals surface area contributed by atoms with Crippen LogP contribution >= 0.6 is 0 Å². The molecular formula is C31H38F4N6O3. The minimum Gasteiger partial charge on any atom is -0.476 e. The number of hydrogen-bond donors (Lipinski definition) is 2. The number of carbonyl (C=O) groups excluding carboxylic acids is 2. The normalized spacial score (nSPS) is 20.3. The number of amides is 2. The van der Waals surface area contributed by atoms with Gasteiger partial charge in [0.25, 0.3) is 5.91 Å². The number of rotatable bonds is 8. The Hall–Kier alpha value is -3.74. The molecule has 2 aliphatic rings. The zero-order chi connectivity index (χ0) is 31.4. The Bertz CT molecular complexity index is 1550. The lowest BCUT2D eigenvalue weighted by Crippen LogP contribution is -2.38. The third-order valence-corrected chi connectivity index (χ3v) is 8.29. The van der Waals surface area contributed by atoms with E-state index in [1.807, 2.05) is 18.4 Å². The van der Waals surface area contributed by atoms with Crippen molar-refractivity contribution in [3.63, 3.8) is 0 Å². The maximum Gasteiger partial charge on any atom is 0.419 e. The topological polar surface area (TPSA) is 105 Å². The summed E-state index contributed by atoms with van der Waals surface area (Å²) in [6.07, 6.45) is 2.68. The Labute approximate surface area is 252 Å². The maximum atomic E-state index is 13.9. The Morgan fingerprint density at radius 2 is 1.84 bits per heavy atom. The van der Waals surface area contributed by atoms with Gasteiger partial charge in [-0.1, -0.05) is 6.42 Å². The molecule has 0 radical (unpaired) electrons. The summed E-state index contributed by atoms with van der Waals surface area (Å²) in [4.78, 5) is 39.8. The molecule has 3 heterocycles. The second-order valence-corrected chi connectivity index (χ2v) is 11.9. The fourth-order valence-corrected chi connectivity index (χ4v) is 6.04. The minimum atomic E-state index is -4.96. The van der Waals surface area contributed by atoms with E-state index in [0.717, 1.165) is 25.7 Å². The van der Waals surface area contributed by atoms with E-state index in [9.17, 15) is 27.2 Å². The molecule has 9 nitrogen and oxygen atoms in total. The third-order valence-electron chi connectivity index (χ3n) is 8.29. The quantitative estimate of drug-likeness (QED) is 0.330. The lowest BCUT2D eigenvalue weighted by atomic mass is 9.85. The first kappa shape index (κ1) is 31.7. The summed E-state index contributed by atoms with van der Waals surface area (Å²) < 4.78 is 61.6. The summed E-state index contributed by atoms with van der Waals surface area (Å²) in [6, 6.07) is 3.72. The number of nitrogens with one attached hydrogen (secondary N) is 2. The molecule has 1 aliphatic heterocycles. The molecule has 5 rings (SSSR count). The van der Waals surface area contributed by atoms with Crippen LogP contribution < -0.4 is 15.7 Å². The van der Waals surface area contributed by atoms with Gasteiger partial charge in [0.2, 0.25) is 17.4 Å². The highest BCUT2D eigenvalue weighted by Gasteiger charge is 2.35. The molecular weight excluding hydrogens is 580 g/mol. The Balaban J connectivity index is 1.45. The molecule has 0 unspecified atom stereocenters. The monoisotopic (exact) mass is 618 g/mol. The van der Waals surface area contributed by atoms with Gasteiger partial charge >= 0.3 is 6.18 Å².